The van der Waals surface area contributed by atoms with Crippen LogP contribution < -0.4 is 4.90 Å². The first kappa shape index (κ1) is 15.8. The summed E-state index contributed by atoms with van der Waals surface area (Å²) >= 11 is 0. The largest absolute Gasteiger partial charge is 0.396 e. The van der Waals surface area contributed by atoms with E-state index in [1.54, 1.807) is 6.33 Å². The summed E-state index contributed by atoms with van der Waals surface area (Å²) in [6.45, 7) is 6.63. The second kappa shape index (κ2) is 5.99. The van der Waals surface area contributed by atoms with Gasteiger partial charge in [0.1, 0.15) is 6.33 Å². The predicted octanol–water partition coefficient (Wildman–Crippen LogP) is 2.63. The van der Waals surface area contributed by atoms with Gasteiger partial charge in [-0.2, -0.15) is 9.61 Å². The summed E-state index contributed by atoms with van der Waals surface area (Å²) in [6, 6.07) is 2.21. The number of aliphatic hydroxyl groups excluding tert-OH is 1. The van der Waals surface area contributed by atoms with Crippen LogP contribution >= 0.6 is 0 Å². The monoisotopic (exact) mass is 329 g/mol. The molecule has 0 amide bonds. The lowest BCUT2D eigenvalue weighted by molar-refractivity contribution is 0.0833. The molecule has 2 aliphatic rings. The third kappa shape index (κ3) is 2.88. The number of piperidine rings is 1. The van der Waals surface area contributed by atoms with Gasteiger partial charge in [0.2, 0.25) is 5.65 Å². The van der Waals surface area contributed by atoms with Crippen molar-refractivity contribution in [2.24, 2.45) is 11.3 Å². The lowest BCUT2D eigenvalue weighted by Crippen LogP contribution is -2.46. The van der Waals surface area contributed by atoms with E-state index in [-0.39, 0.29) is 12.0 Å². The molecule has 1 aliphatic heterocycles. The molecule has 24 heavy (non-hydrogen) atoms. The van der Waals surface area contributed by atoms with Gasteiger partial charge in [-0.15, -0.1) is 10.2 Å². The summed E-state index contributed by atoms with van der Waals surface area (Å²) in [5, 5.41) is 23.1. The fourth-order valence-corrected chi connectivity index (χ4v) is 4.28. The van der Waals surface area contributed by atoms with Gasteiger partial charge in [-0.1, -0.05) is 13.8 Å². The molecule has 1 saturated carbocycles. The van der Waals surface area contributed by atoms with Crippen molar-refractivity contribution in [3.05, 3.63) is 18.1 Å². The van der Waals surface area contributed by atoms with Crippen LogP contribution in [0.15, 0.2) is 12.4 Å². The zero-order chi connectivity index (χ0) is 16.7. The second-order valence-corrected chi connectivity index (χ2v) is 8.11. The molecule has 1 N–H and O–H groups in total. The molecule has 130 valence electrons. The quantitative estimate of drug-likeness (QED) is 0.913. The molecule has 0 spiro atoms. The minimum Gasteiger partial charge on any atom is -0.396 e. The van der Waals surface area contributed by atoms with E-state index in [1.165, 1.54) is 12.8 Å². The molecule has 0 radical (unpaired) electrons. The van der Waals surface area contributed by atoms with Crippen LogP contribution in [0.5, 0.6) is 0 Å². The minimum absolute atomic E-state index is 0.00750. The summed E-state index contributed by atoms with van der Waals surface area (Å²) in [4.78, 5) is 2.40. The van der Waals surface area contributed by atoms with E-state index in [0.29, 0.717) is 11.8 Å². The first-order chi connectivity index (χ1) is 11.6. The highest BCUT2D eigenvalue weighted by Crippen LogP contribution is 2.42. The zero-order valence-corrected chi connectivity index (χ0v) is 14.6. The highest BCUT2D eigenvalue weighted by atomic mass is 16.3. The standard InChI is InChI=1S/C18H27N5O/c1-13(2)9-18(11-24)6-3-7-22(10-18)16-8-15(14-4-5-14)21-23-12-19-20-17(16)23/h8,12-14,24H,3-7,9-11H2,1-2H3. The van der Waals surface area contributed by atoms with Crippen LogP contribution in [0.3, 0.4) is 0 Å². The molecule has 0 aromatic carbocycles. The van der Waals surface area contributed by atoms with Gasteiger partial charge in [0.05, 0.1) is 18.0 Å². The molecule has 1 aliphatic carbocycles. The number of hydrogen-bond donors (Lipinski definition) is 1. The van der Waals surface area contributed by atoms with E-state index in [2.05, 4.69) is 40.1 Å². The summed E-state index contributed by atoms with van der Waals surface area (Å²) in [5.41, 5.74) is 3.11. The van der Waals surface area contributed by atoms with Crippen molar-refractivity contribution in [3.63, 3.8) is 0 Å². The number of fused-ring (bicyclic) bond motifs is 1. The Kier molecular flexibility index (Phi) is 3.95. The van der Waals surface area contributed by atoms with Crippen LogP contribution in [0.25, 0.3) is 5.65 Å². The Morgan fingerprint density at radius 3 is 2.92 bits per heavy atom. The maximum Gasteiger partial charge on any atom is 0.200 e. The van der Waals surface area contributed by atoms with Gasteiger partial charge >= 0.3 is 0 Å². The Bertz CT molecular complexity index is 723. The molecule has 4 rings (SSSR count). The molecule has 2 aromatic rings. The lowest BCUT2D eigenvalue weighted by Gasteiger charge is -2.43. The number of hydrogen-bond acceptors (Lipinski definition) is 5. The molecule has 1 saturated heterocycles. The summed E-state index contributed by atoms with van der Waals surface area (Å²) in [7, 11) is 0. The van der Waals surface area contributed by atoms with Crippen LogP contribution in [-0.4, -0.2) is 44.6 Å². The molecular weight excluding hydrogens is 302 g/mol. The summed E-state index contributed by atoms with van der Waals surface area (Å²) < 4.78 is 1.82. The van der Waals surface area contributed by atoms with E-state index in [4.69, 9.17) is 0 Å². The van der Waals surface area contributed by atoms with Gasteiger partial charge in [0.15, 0.2) is 0 Å². The second-order valence-electron chi connectivity index (χ2n) is 8.11. The molecule has 2 fully saturated rings. The summed E-state index contributed by atoms with van der Waals surface area (Å²) in [5.74, 6) is 1.18. The van der Waals surface area contributed by atoms with Crippen molar-refractivity contribution in [2.45, 2.75) is 51.9 Å². The molecule has 3 heterocycles. The van der Waals surface area contributed by atoms with Crippen LogP contribution in [-0.2, 0) is 0 Å². The van der Waals surface area contributed by atoms with Crippen LogP contribution in [0, 0.1) is 11.3 Å². The molecule has 1 atom stereocenters. The molecule has 2 aromatic heterocycles. The Hall–Kier alpha value is -1.69. The normalized spacial score (nSPS) is 24.9. The third-order valence-corrected chi connectivity index (χ3v) is 5.44. The van der Waals surface area contributed by atoms with Gasteiger partial charge < -0.3 is 10.0 Å². The zero-order valence-electron chi connectivity index (χ0n) is 14.6. The van der Waals surface area contributed by atoms with E-state index in [1.807, 2.05) is 4.52 Å². The molecule has 6 nitrogen and oxygen atoms in total. The highest BCUT2D eigenvalue weighted by Gasteiger charge is 2.37. The molecular formula is C18H27N5O. The number of aliphatic hydroxyl groups is 1. The van der Waals surface area contributed by atoms with E-state index >= 15 is 0 Å². The maximum atomic E-state index is 10.1. The van der Waals surface area contributed by atoms with Crippen molar-refractivity contribution in [3.8, 4) is 0 Å². The van der Waals surface area contributed by atoms with E-state index in [0.717, 1.165) is 49.4 Å². The highest BCUT2D eigenvalue weighted by molar-refractivity contribution is 5.69. The summed E-state index contributed by atoms with van der Waals surface area (Å²) in [6.07, 6.45) is 7.42. The van der Waals surface area contributed by atoms with Gasteiger partial charge in [-0.25, -0.2) is 0 Å². The Balaban J connectivity index is 1.69. The van der Waals surface area contributed by atoms with Crippen molar-refractivity contribution in [1.29, 1.82) is 0 Å². The van der Waals surface area contributed by atoms with Gasteiger partial charge in [0.25, 0.3) is 0 Å². The maximum absolute atomic E-state index is 10.1. The van der Waals surface area contributed by atoms with E-state index in [9.17, 15) is 5.11 Å². The number of aromatic nitrogens is 4. The van der Waals surface area contributed by atoms with Crippen molar-refractivity contribution >= 4 is 11.3 Å². The Morgan fingerprint density at radius 1 is 1.38 bits per heavy atom. The smallest absolute Gasteiger partial charge is 0.200 e. The van der Waals surface area contributed by atoms with Crippen molar-refractivity contribution in [1.82, 2.24) is 19.8 Å². The minimum atomic E-state index is -0.00750. The Labute approximate surface area is 142 Å². The number of nitrogens with zero attached hydrogens (tertiary/aromatic N) is 5. The van der Waals surface area contributed by atoms with Crippen LogP contribution in [0.1, 0.15) is 57.6 Å². The Morgan fingerprint density at radius 2 is 2.21 bits per heavy atom. The number of anilines is 1. The first-order valence-corrected chi connectivity index (χ1v) is 9.17. The average molecular weight is 329 g/mol. The van der Waals surface area contributed by atoms with Crippen LogP contribution in [0.4, 0.5) is 5.69 Å². The molecule has 0 bridgehead atoms. The molecule has 1 unspecified atom stereocenters. The topological polar surface area (TPSA) is 66.5 Å². The van der Waals surface area contributed by atoms with Crippen LogP contribution in [0.2, 0.25) is 0 Å². The first-order valence-electron chi connectivity index (χ1n) is 9.17. The fourth-order valence-electron chi connectivity index (χ4n) is 4.28. The van der Waals surface area contributed by atoms with Gasteiger partial charge in [-0.05, 0) is 44.1 Å². The third-order valence-electron chi connectivity index (χ3n) is 5.44. The average Bonchev–Trinajstić information content (AvgIpc) is 3.31. The van der Waals surface area contributed by atoms with Crippen molar-refractivity contribution < 1.29 is 5.11 Å². The fraction of sp³-hybridized carbons (Fsp3) is 0.722. The van der Waals surface area contributed by atoms with Gasteiger partial charge in [0, 0.05) is 24.4 Å². The molecule has 6 heteroatoms. The van der Waals surface area contributed by atoms with Gasteiger partial charge in [-0.3, -0.25) is 0 Å². The predicted molar refractivity (Wildman–Crippen MR) is 93.2 cm³/mol. The van der Waals surface area contributed by atoms with E-state index < -0.39 is 0 Å². The lowest BCUT2D eigenvalue weighted by atomic mass is 9.74. The number of rotatable bonds is 5. The SMILES string of the molecule is CC(C)CC1(CO)CCCN(c2cc(C3CC3)nn3cnnc23)C1. The van der Waals surface area contributed by atoms with Crippen molar-refractivity contribution in [2.75, 3.05) is 24.6 Å².